The van der Waals surface area contributed by atoms with E-state index in [0.29, 0.717) is 5.41 Å². The van der Waals surface area contributed by atoms with Crippen LogP contribution in [0.4, 0.5) is 0 Å². The minimum Gasteiger partial charge on any atom is -0.466 e. The largest absolute Gasteiger partial charge is 0.466 e. The molecule has 138 valence electrons. The minimum atomic E-state index is -0.136. The van der Waals surface area contributed by atoms with E-state index in [1.54, 1.807) is 0 Å². The van der Waals surface area contributed by atoms with Crippen LogP contribution >= 0.6 is 0 Å². The van der Waals surface area contributed by atoms with Gasteiger partial charge in [0.15, 0.2) is 0 Å². The van der Waals surface area contributed by atoms with E-state index >= 15 is 0 Å². The molecule has 4 aliphatic rings. The quantitative estimate of drug-likeness (QED) is 0.603. The molecule has 0 spiro atoms. The maximum atomic E-state index is 12.0. The summed E-state index contributed by atoms with van der Waals surface area (Å²) in [6, 6.07) is 0. The summed E-state index contributed by atoms with van der Waals surface area (Å²) in [5.41, 5.74) is 3.15. The predicted octanol–water partition coefficient (Wildman–Crippen LogP) is 5.68. The van der Waals surface area contributed by atoms with Crippen molar-refractivity contribution >= 4 is 5.97 Å². The Balaban J connectivity index is 1.66. The summed E-state index contributed by atoms with van der Waals surface area (Å²) in [5, 5.41) is 0. The zero-order chi connectivity index (χ0) is 17.8. The standard InChI is InChI=1S/C23H34O2/c1-5-16-7-9-19-18-8-6-17-14-15(21(24)25-4)10-12-23(17,3)20(18)11-13-22(16,19)2/h6,14,16,18-20H,5,7-13H2,1-4H3. The van der Waals surface area contributed by atoms with Gasteiger partial charge in [0.1, 0.15) is 0 Å². The van der Waals surface area contributed by atoms with Crippen molar-refractivity contribution in [2.24, 2.45) is 34.5 Å². The van der Waals surface area contributed by atoms with Crippen molar-refractivity contribution in [3.8, 4) is 0 Å². The van der Waals surface area contributed by atoms with E-state index in [1.807, 2.05) is 0 Å². The van der Waals surface area contributed by atoms with E-state index in [2.05, 4.69) is 32.9 Å². The number of carbonyl (C=O) groups excluding carboxylic acids is 1. The van der Waals surface area contributed by atoms with Gasteiger partial charge in [-0.25, -0.2) is 4.79 Å². The summed E-state index contributed by atoms with van der Waals surface area (Å²) in [6.07, 6.45) is 14.9. The molecule has 2 fully saturated rings. The predicted molar refractivity (Wildman–Crippen MR) is 101 cm³/mol. The molecule has 0 radical (unpaired) electrons. The van der Waals surface area contributed by atoms with Crippen molar-refractivity contribution in [3.63, 3.8) is 0 Å². The van der Waals surface area contributed by atoms with Crippen molar-refractivity contribution < 1.29 is 9.53 Å². The molecular weight excluding hydrogens is 308 g/mol. The molecule has 4 rings (SSSR count). The van der Waals surface area contributed by atoms with Gasteiger partial charge >= 0.3 is 5.97 Å². The van der Waals surface area contributed by atoms with Gasteiger partial charge in [-0.1, -0.05) is 33.3 Å². The highest BCUT2D eigenvalue weighted by atomic mass is 16.5. The average molecular weight is 343 g/mol. The molecule has 0 heterocycles. The molecule has 0 aromatic carbocycles. The van der Waals surface area contributed by atoms with Crippen molar-refractivity contribution in [1.29, 1.82) is 0 Å². The van der Waals surface area contributed by atoms with E-state index in [4.69, 9.17) is 4.74 Å². The van der Waals surface area contributed by atoms with Crippen LogP contribution in [0.15, 0.2) is 23.3 Å². The number of hydrogen-bond acceptors (Lipinski definition) is 2. The molecule has 0 aliphatic heterocycles. The van der Waals surface area contributed by atoms with E-state index < -0.39 is 0 Å². The number of allylic oxidation sites excluding steroid dienone is 3. The molecule has 2 nitrogen and oxygen atoms in total. The fourth-order valence-electron chi connectivity index (χ4n) is 7.40. The summed E-state index contributed by atoms with van der Waals surface area (Å²) in [4.78, 5) is 12.0. The SMILES string of the molecule is CCC1CCC2C3CC=C4C=C(C(=O)OC)CCC4(C)C3CCC12C. The van der Waals surface area contributed by atoms with Gasteiger partial charge in [0, 0.05) is 5.57 Å². The zero-order valence-electron chi connectivity index (χ0n) is 16.4. The Morgan fingerprint density at radius 3 is 2.72 bits per heavy atom. The second kappa shape index (κ2) is 5.99. The number of fused-ring (bicyclic) bond motifs is 5. The van der Waals surface area contributed by atoms with Crippen LogP contribution in [0.5, 0.6) is 0 Å². The Morgan fingerprint density at radius 2 is 2.00 bits per heavy atom. The average Bonchev–Trinajstić information content (AvgIpc) is 2.96. The highest BCUT2D eigenvalue weighted by Gasteiger charge is 2.57. The first-order chi connectivity index (χ1) is 11.9. The van der Waals surface area contributed by atoms with Gasteiger partial charge in [0.2, 0.25) is 0 Å². The Labute approximate surface area is 153 Å². The third kappa shape index (κ3) is 2.39. The van der Waals surface area contributed by atoms with Gasteiger partial charge < -0.3 is 4.74 Å². The number of esters is 1. The molecule has 2 saturated carbocycles. The normalized spacial score (nSPS) is 45.6. The van der Waals surface area contributed by atoms with Crippen LogP contribution < -0.4 is 0 Å². The van der Waals surface area contributed by atoms with Gasteiger partial charge in [0.05, 0.1) is 7.11 Å². The molecule has 0 bridgehead atoms. The van der Waals surface area contributed by atoms with Crippen molar-refractivity contribution in [2.75, 3.05) is 7.11 Å². The minimum absolute atomic E-state index is 0.136. The lowest BCUT2D eigenvalue weighted by molar-refractivity contribution is -0.136. The fraction of sp³-hybridized carbons (Fsp3) is 0.783. The van der Waals surface area contributed by atoms with E-state index in [-0.39, 0.29) is 11.4 Å². The number of methoxy groups -OCH3 is 1. The molecule has 0 aromatic rings. The van der Waals surface area contributed by atoms with Crippen LogP contribution in [0.1, 0.15) is 72.1 Å². The Morgan fingerprint density at radius 1 is 1.20 bits per heavy atom. The molecule has 0 amide bonds. The van der Waals surface area contributed by atoms with Crippen LogP contribution in [-0.2, 0) is 9.53 Å². The van der Waals surface area contributed by atoms with Gasteiger partial charge in [-0.05, 0) is 91.1 Å². The Kier molecular flexibility index (Phi) is 4.16. The lowest BCUT2D eigenvalue weighted by atomic mass is 9.48. The summed E-state index contributed by atoms with van der Waals surface area (Å²) >= 11 is 0. The van der Waals surface area contributed by atoms with Gasteiger partial charge in [-0.3, -0.25) is 0 Å². The summed E-state index contributed by atoms with van der Waals surface area (Å²) in [6.45, 7) is 7.48. The smallest absolute Gasteiger partial charge is 0.333 e. The molecule has 0 aromatic heterocycles. The van der Waals surface area contributed by atoms with E-state index in [1.165, 1.54) is 51.2 Å². The first-order valence-electron chi connectivity index (χ1n) is 10.4. The van der Waals surface area contributed by atoms with Crippen LogP contribution in [0, 0.1) is 34.5 Å². The molecule has 0 saturated heterocycles. The van der Waals surface area contributed by atoms with Gasteiger partial charge in [-0.2, -0.15) is 0 Å². The van der Waals surface area contributed by atoms with Crippen molar-refractivity contribution in [2.45, 2.75) is 72.1 Å². The molecule has 6 unspecified atom stereocenters. The maximum Gasteiger partial charge on any atom is 0.333 e. The van der Waals surface area contributed by atoms with Gasteiger partial charge in [0.25, 0.3) is 0 Å². The monoisotopic (exact) mass is 342 g/mol. The van der Waals surface area contributed by atoms with Crippen molar-refractivity contribution in [3.05, 3.63) is 23.3 Å². The lowest BCUT2D eigenvalue weighted by Gasteiger charge is -2.57. The topological polar surface area (TPSA) is 26.3 Å². The summed E-state index contributed by atoms with van der Waals surface area (Å²) in [7, 11) is 1.49. The fourth-order valence-corrected chi connectivity index (χ4v) is 7.40. The maximum absolute atomic E-state index is 12.0. The first-order valence-corrected chi connectivity index (χ1v) is 10.4. The zero-order valence-corrected chi connectivity index (χ0v) is 16.4. The molecule has 0 N–H and O–H groups in total. The van der Waals surface area contributed by atoms with E-state index in [0.717, 1.165) is 42.1 Å². The summed E-state index contributed by atoms with van der Waals surface area (Å²) in [5.74, 6) is 3.38. The third-order valence-corrected chi connectivity index (χ3v) is 8.91. The van der Waals surface area contributed by atoms with Crippen molar-refractivity contribution in [1.82, 2.24) is 0 Å². The van der Waals surface area contributed by atoms with Gasteiger partial charge in [-0.15, -0.1) is 0 Å². The van der Waals surface area contributed by atoms with Crippen LogP contribution in [0.3, 0.4) is 0 Å². The van der Waals surface area contributed by atoms with Crippen LogP contribution in [-0.4, -0.2) is 13.1 Å². The molecule has 25 heavy (non-hydrogen) atoms. The number of rotatable bonds is 2. The molecular formula is C23H34O2. The lowest BCUT2D eigenvalue weighted by Crippen LogP contribution is -2.49. The Bertz CT molecular complexity index is 630. The molecule has 6 atom stereocenters. The van der Waals surface area contributed by atoms with E-state index in [9.17, 15) is 4.79 Å². The summed E-state index contributed by atoms with van der Waals surface area (Å²) < 4.78 is 4.97. The number of ether oxygens (including phenoxy) is 1. The van der Waals surface area contributed by atoms with Crippen LogP contribution in [0.2, 0.25) is 0 Å². The second-order valence-corrected chi connectivity index (χ2v) is 9.58. The highest BCUT2D eigenvalue weighted by Crippen LogP contribution is 2.66. The highest BCUT2D eigenvalue weighted by molar-refractivity contribution is 5.89. The second-order valence-electron chi connectivity index (χ2n) is 9.58. The molecule has 4 aliphatic carbocycles. The first kappa shape index (κ1) is 17.4. The Hall–Kier alpha value is -1.05. The van der Waals surface area contributed by atoms with Crippen LogP contribution in [0.25, 0.3) is 0 Å². The number of hydrogen-bond donors (Lipinski definition) is 0. The molecule has 2 heteroatoms. The third-order valence-electron chi connectivity index (χ3n) is 8.91. The number of carbonyl (C=O) groups is 1.